The van der Waals surface area contributed by atoms with E-state index >= 15 is 0 Å². The molecule has 1 amide bonds. The molecule has 21 heavy (non-hydrogen) atoms. The summed E-state index contributed by atoms with van der Waals surface area (Å²) in [6, 6.07) is 7.68. The molecular weight excluding hydrogens is 326 g/mol. The van der Waals surface area contributed by atoms with E-state index in [0.717, 1.165) is 16.9 Å². The van der Waals surface area contributed by atoms with Crippen LogP contribution < -0.4 is 4.90 Å². The maximum atomic E-state index is 12.0. The molecule has 1 fully saturated rings. The Hall–Kier alpha value is -1.37. The Bertz CT molecular complexity index is 716. The molecule has 4 nitrogen and oxygen atoms in total. The SMILES string of the molecule is CC1SC(=N)N(c2ncc(Cc3cccc(Cl)c3)s2)C1=O. The molecule has 1 aliphatic heterocycles. The van der Waals surface area contributed by atoms with Gasteiger partial charge in [0.15, 0.2) is 10.3 Å². The Morgan fingerprint density at radius 3 is 2.95 bits per heavy atom. The molecule has 2 heterocycles. The third-order valence-electron chi connectivity index (χ3n) is 3.06. The summed E-state index contributed by atoms with van der Waals surface area (Å²) in [4.78, 5) is 18.8. The van der Waals surface area contributed by atoms with Crippen LogP contribution >= 0.6 is 34.7 Å². The van der Waals surface area contributed by atoms with Gasteiger partial charge in [-0.2, -0.15) is 0 Å². The van der Waals surface area contributed by atoms with Gasteiger partial charge in [-0.05, 0) is 24.6 Å². The van der Waals surface area contributed by atoms with Crippen LogP contribution in [-0.4, -0.2) is 21.3 Å². The molecule has 0 radical (unpaired) electrons. The molecule has 0 saturated carbocycles. The number of nitrogens with zero attached hydrogens (tertiary/aromatic N) is 2. The third-order valence-corrected chi connectivity index (χ3v) is 5.24. The highest BCUT2D eigenvalue weighted by atomic mass is 35.5. The van der Waals surface area contributed by atoms with E-state index in [1.165, 1.54) is 28.0 Å². The lowest BCUT2D eigenvalue weighted by molar-refractivity contribution is -0.116. The number of benzene rings is 1. The summed E-state index contributed by atoms with van der Waals surface area (Å²) in [5.74, 6) is -0.0753. The Morgan fingerprint density at radius 1 is 1.48 bits per heavy atom. The van der Waals surface area contributed by atoms with Crippen molar-refractivity contribution in [3.05, 3.63) is 45.9 Å². The monoisotopic (exact) mass is 337 g/mol. The number of hydrogen-bond donors (Lipinski definition) is 1. The number of amides is 1. The fraction of sp³-hybridized carbons (Fsp3) is 0.214. The van der Waals surface area contributed by atoms with Crippen LogP contribution in [0.4, 0.5) is 5.13 Å². The first-order valence-electron chi connectivity index (χ1n) is 6.33. The van der Waals surface area contributed by atoms with E-state index in [-0.39, 0.29) is 16.3 Å². The normalized spacial score (nSPS) is 18.6. The maximum absolute atomic E-state index is 12.0. The second-order valence-electron chi connectivity index (χ2n) is 4.65. The van der Waals surface area contributed by atoms with Gasteiger partial charge in [0.1, 0.15) is 0 Å². The largest absolute Gasteiger partial charge is 0.278 e. The maximum Gasteiger partial charge on any atom is 0.248 e. The number of halogens is 1. The lowest BCUT2D eigenvalue weighted by Crippen LogP contribution is -2.30. The van der Waals surface area contributed by atoms with E-state index in [1.54, 1.807) is 6.20 Å². The van der Waals surface area contributed by atoms with Crippen LogP contribution in [-0.2, 0) is 11.2 Å². The zero-order valence-corrected chi connectivity index (χ0v) is 13.6. The molecule has 0 aliphatic carbocycles. The van der Waals surface area contributed by atoms with Crippen molar-refractivity contribution < 1.29 is 4.79 Å². The lowest BCUT2D eigenvalue weighted by Gasteiger charge is -2.10. The predicted molar refractivity (Wildman–Crippen MR) is 88.6 cm³/mol. The summed E-state index contributed by atoms with van der Waals surface area (Å²) >= 11 is 8.67. The number of hydrogen-bond acceptors (Lipinski definition) is 5. The quantitative estimate of drug-likeness (QED) is 0.927. The predicted octanol–water partition coefficient (Wildman–Crippen LogP) is 3.79. The first-order valence-corrected chi connectivity index (χ1v) is 8.40. The Labute approximate surface area is 135 Å². The van der Waals surface area contributed by atoms with Crippen molar-refractivity contribution in [2.75, 3.05) is 4.90 Å². The molecule has 1 saturated heterocycles. The van der Waals surface area contributed by atoms with Crippen LogP contribution in [0.3, 0.4) is 0 Å². The Balaban J connectivity index is 1.81. The van der Waals surface area contributed by atoms with Gasteiger partial charge in [0.05, 0.1) is 5.25 Å². The van der Waals surface area contributed by atoms with Crippen molar-refractivity contribution in [2.24, 2.45) is 0 Å². The van der Waals surface area contributed by atoms with Gasteiger partial charge in [-0.1, -0.05) is 35.5 Å². The molecule has 1 aromatic carbocycles. The van der Waals surface area contributed by atoms with Crippen LogP contribution in [0.25, 0.3) is 0 Å². The van der Waals surface area contributed by atoms with Crippen LogP contribution in [0, 0.1) is 5.41 Å². The number of anilines is 1. The van der Waals surface area contributed by atoms with Crippen LogP contribution in [0.15, 0.2) is 30.5 Å². The van der Waals surface area contributed by atoms with Gasteiger partial charge in [-0.15, -0.1) is 11.3 Å². The number of amidine groups is 1. The Morgan fingerprint density at radius 2 is 2.29 bits per heavy atom. The summed E-state index contributed by atoms with van der Waals surface area (Å²) in [7, 11) is 0. The van der Waals surface area contributed by atoms with Crippen molar-refractivity contribution >= 4 is 50.9 Å². The van der Waals surface area contributed by atoms with Gasteiger partial charge >= 0.3 is 0 Å². The van der Waals surface area contributed by atoms with E-state index in [0.29, 0.717) is 10.2 Å². The minimum atomic E-state index is -0.210. The number of rotatable bonds is 3. The second-order valence-corrected chi connectivity index (χ2v) is 7.51. The van der Waals surface area contributed by atoms with Crippen molar-refractivity contribution in [2.45, 2.75) is 18.6 Å². The first-order chi connectivity index (χ1) is 10.0. The average Bonchev–Trinajstić information content (AvgIpc) is 2.95. The molecule has 2 aromatic rings. The minimum Gasteiger partial charge on any atom is -0.278 e. The van der Waals surface area contributed by atoms with Gasteiger partial charge in [0.25, 0.3) is 0 Å². The molecule has 108 valence electrons. The van der Waals surface area contributed by atoms with E-state index in [4.69, 9.17) is 17.0 Å². The first kappa shape index (κ1) is 14.6. The average molecular weight is 338 g/mol. The van der Waals surface area contributed by atoms with E-state index in [2.05, 4.69) is 4.98 Å². The lowest BCUT2D eigenvalue weighted by atomic mass is 10.1. The van der Waals surface area contributed by atoms with Crippen LogP contribution in [0.5, 0.6) is 0 Å². The molecule has 1 N–H and O–H groups in total. The van der Waals surface area contributed by atoms with Crippen molar-refractivity contribution in [3.63, 3.8) is 0 Å². The number of thiazole rings is 1. The smallest absolute Gasteiger partial charge is 0.248 e. The van der Waals surface area contributed by atoms with Gasteiger partial charge < -0.3 is 0 Å². The fourth-order valence-electron chi connectivity index (χ4n) is 2.06. The highest BCUT2D eigenvalue weighted by Gasteiger charge is 2.36. The number of aromatic nitrogens is 1. The van der Waals surface area contributed by atoms with Crippen molar-refractivity contribution in [1.82, 2.24) is 4.98 Å². The van der Waals surface area contributed by atoms with Gasteiger partial charge in [-0.25, -0.2) is 9.88 Å². The van der Waals surface area contributed by atoms with E-state index in [9.17, 15) is 4.79 Å². The topological polar surface area (TPSA) is 57.1 Å². The van der Waals surface area contributed by atoms with Crippen molar-refractivity contribution in [3.8, 4) is 0 Å². The Kier molecular flexibility index (Phi) is 4.01. The summed E-state index contributed by atoms with van der Waals surface area (Å²) < 4.78 is 0. The van der Waals surface area contributed by atoms with Gasteiger partial charge in [-0.3, -0.25) is 10.2 Å². The zero-order chi connectivity index (χ0) is 15.0. The number of carbonyl (C=O) groups is 1. The summed E-state index contributed by atoms with van der Waals surface area (Å²) in [5, 5.41) is 9.19. The highest BCUT2D eigenvalue weighted by molar-refractivity contribution is 8.16. The number of thioether (sulfide) groups is 1. The molecule has 3 rings (SSSR count). The zero-order valence-electron chi connectivity index (χ0n) is 11.2. The summed E-state index contributed by atoms with van der Waals surface area (Å²) in [6.45, 7) is 1.81. The molecule has 7 heteroatoms. The fourth-order valence-corrected chi connectivity index (χ4v) is 4.11. The standard InChI is InChI=1S/C14H12ClN3OS2/c1-8-12(19)18(13(16)20-8)14-17-7-11(21-14)6-9-3-2-4-10(15)5-9/h2-5,7-8,16H,6H2,1H3. The summed E-state index contributed by atoms with van der Waals surface area (Å²) in [5.41, 5.74) is 1.10. The molecule has 0 spiro atoms. The molecule has 0 bridgehead atoms. The second kappa shape index (κ2) is 5.79. The number of nitrogens with one attached hydrogen (secondary N) is 1. The van der Waals surface area contributed by atoms with Crippen molar-refractivity contribution in [1.29, 1.82) is 5.41 Å². The molecule has 1 aromatic heterocycles. The van der Waals surface area contributed by atoms with Gasteiger partial charge in [0.2, 0.25) is 5.91 Å². The minimum absolute atomic E-state index is 0.0753. The van der Waals surface area contributed by atoms with Crippen LogP contribution in [0.1, 0.15) is 17.4 Å². The third kappa shape index (κ3) is 2.97. The van der Waals surface area contributed by atoms with E-state index in [1.807, 2.05) is 31.2 Å². The van der Waals surface area contributed by atoms with Crippen LogP contribution in [0.2, 0.25) is 5.02 Å². The molecule has 1 unspecified atom stereocenters. The van der Waals surface area contributed by atoms with Gasteiger partial charge in [0, 0.05) is 22.5 Å². The molecular formula is C14H12ClN3OS2. The highest BCUT2D eigenvalue weighted by Crippen LogP contribution is 2.33. The molecule has 1 aliphatic rings. The summed E-state index contributed by atoms with van der Waals surface area (Å²) in [6.07, 6.45) is 2.48. The van der Waals surface area contributed by atoms with E-state index < -0.39 is 0 Å². The number of carbonyl (C=O) groups excluding carboxylic acids is 1. The molecule has 1 atom stereocenters.